The first-order chi connectivity index (χ1) is 13.6. The van der Waals surface area contributed by atoms with E-state index in [9.17, 15) is 26.3 Å². The van der Waals surface area contributed by atoms with Crippen LogP contribution in [0.1, 0.15) is 25.7 Å². The zero-order valence-electron chi connectivity index (χ0n) is 17.4. The summed E-state index contributed by atoms with van der Waals surface area (Å²) in [5.41, 5.74) is 0. The number of likely N-dealkylation sites (N-methyl/N-ethyl adjacent to an activating group) is 3. The van der Waals surface area contributed by atoms with E-state index < -0.39 is 24.3 Å². The van der Waals surface area contributed by atoms with Crippen molar-refractivity contribution in [1.29, 1.82) is 0 Å². The van der Waals surface area contributed by atoms with Crippen molar-refractivity contribution >= 4 is 11.9 Å². The fraction of sp³-hybridized carbons (Fsp3) is 0.882. The fourth-order valence-electron chi connectivity index (χ4n) is 3.22. The number of alkyl halides is 6. The predicted octanol–water partition coefficient (Wildman–Crippen LogP) is -0.299. The minimum absolute atomic E-state index is 0. The van der Waals surface area contributed by atoms with Crippen LogP contribution in [0.4, 0.5) is 26.3 Å². The predicted molar refractivity (Wildman–Crippen MR) is 90.9 cm³/mol. The molecule has 0 amide bonds. The molecule has 1 radical (unpaired) electrons. The van der Waals surface area contributed by atoms with Crippen molar-refractivity contribution in [3.8, 4) is 0 Å². The van der Waals surface area contributed by atoms with Crippen molar-refractivity contribution < 1.29 is 63.2 Å². The summed E-state index contributed by atoms with van der Waals surface area (Å²) in [4.78, 5) is 25.2. The monoisotopic (exact) mass is 514 g/mol. The summed E-state index contributed by atoms with van der Waals surface area (Å²) in [6.45, 7) is 4.89. The summed E-state index contributed by atoms with van der Waals surface area (Å²) in [6.07, 6.45) is -4.74. The number of aliphatic carboxylic acids is 2. The van der Waals surface area contributed by atoms with Gasteiger partial charge in [0.1, 0.15) is 11.9 Å². The first-order valence-corrected chi connectivity index (χ1v) is 9.22. The molecule has 0 spiro atoms. The third kappa shape index (κ3) is 13.2. The molecule has 1 aliphatic heterocycles. The van der Waals surface area contributed by atoms with Crippen LogP contribution in [0.2, 0.25) is 0 Å². The molecule has 2 rings (SSSR count). The van der Waals surface area contributed by atoms with E-state index in [4.69, 9.17) is 19.8 Å². The van der Waals surface area contributed by atoms with Crippen molar-refractivity contribution in [3.05, 3.63) is 0 Å². The zero-order chi connectivity index (χ0) is 23.7. The molecule has 2 atom stereocenters. The topological polar surface area (TPSA) is 90.0 Å². The third-order valence-corrected chi connectivity index (χ3v) is 4.96. The number of hydrogen-bond acceptors (Lipinski definition) is 7. The molecule has 2 fully saturated rings. The van der Waals surface area contributed by atoms with Crippen molar-refractivity contribution in [2.45, 2.75) is 50.1 Å². The molecule has 0 aromatic heterocycles. The van der Waals surface area contributed by atoms with Crippen LogP contribution in [0.25, 0.3) is 0 Å². The van der Waals surface area contributed by atoms with Crippen LogP contribution in [0.3, 0.4) is 0 Å². The average Bonchev–Trinajstić information content (AvgIpc) is 2.67. The molecule has 1 aliphatic carbocycles. The minimum Gasteiger partial charge on any atom is -0.542 e. The molecular weight excluding hydrogens is 488 g/mol. The van der Waals surface area contributed by atoms with Gasteiger partial charge >= 0.3 is 29.4 Å². The Labute approximate surface area is 187 Å². The van der Waals surface area contributed by atoms with E-state index in [1.165, 1.54) is 51.9 Å². The number of hydrogen-bond donors (Lipinski definition) is 0. The van der Waals surface area contributed by atoms with Gasteiger partial charge in [0.15, 0.2) is 0 Å². The standard InChI is InChI=1S/C13H27N3.2C2HF3O2.Cu/c1-14-8-10-15(2)12-6-4-5-7-13(12)16(3)11-9-14;2*3-2(4,5)1(6)7;/h12-13H,4-11H2,1-3H3;2*(H,6,7);/q;;;+2/p-2/t12-,13-;;;/m1.../s1. The number of rotatable bonds is 0. The van der Waals surface area contributed by atoms with E-state index in [0.29, 0.717) is 0 Å². The first-order valence-electron chi connectivity index (χ1n) is 9.22. The zero-order valence-corrected chi connectivity index (χ0v) is 18.3. The van der Waals surface area contributed by atoms with Gasteiger partial charge in [0, 0.05) is 38.3 Å². The van der Waals surface area contributed by atoms with Crippen LogP contribution in [0, 0.1) is 0 Å². The Balaban J connectivity index is 0. The smallest absolute Gasteiger partial charge is 0.542 e. The van der Waals surface area contributed by atoms with E-state index in [-0.39, 0.29) is 17.1 Å². The van der Waals surface area contributed by atoms with Gasteiger partial charge in [0.05, 0.1) is 0 Å². The fourth-order valence-corrected chi connectivity index (χ4v) is 3.22. The van der Waals surface area contributed by atoms with Gasteiger partial charge in [-0.15, -0.1) is 0 Å². The van der Waals surface area contributed by atoms with Crippen molar-refractivity contribution in [3.63, 3.8) is 0 Å². The molecule has 7 nitrogen and oxygen atoms in total. The maximum Gasteiger partial charge on any atom is 2.00 e. The summed E-state index contributed by atoms with van der Waals surface area (Å²) in [5.74, 6) is -6.01. The molecule has 14 heteroatoms. The Bertz CT molecular complexity index is 505. The molecule has 0 N–H and O–H groups in total. The van der Waals surface area contributed by atoms with Crippen LogP contribution >= 0.6 is 0 Å². The summed E-state index contributed by atoms with van der Waals surface area (Å²) in [6, 6.07) is 1.59. The van der Waals surface area contributed by atoms with Gasteiger partial charge in [-0.05, 0) is 34.0 Å². The van der Waals surface area contributed by atoms with Gasteiger partial charge in [-0.25, -0.2) is 0 Å². The normalized spacial score (nSPS) is 23.8. The van der Waals surface area contributed by atoms with Crippen molar-refractivity contribution in [1.82, 2.24) is 14.7 Å². The average molecular weight is 515 g/mol. The number of halogens is 6. The molecule has 2 aliphatic rings. The second-order valence-electron chi connectivity index (χ2n) is 7.25. The molecule has 0 bridgehead atoms. The maximum absolute atomic E-state index is 10.5. The number of carboxylic acids is 2. The molecule has 1 heterocycles. The Morgan fingerprint density at radius 1 is 0.710 bits per heavy atom. The van der Waals surface area contributed by atoms with E-state index >= 15 is 0 Å². The first kappa shape index (κ1) is 32.1. The van der Waals surface area contributed by atoms with Gasteiger partial charge in [0.2, 0.25) is 0 Å². The molecule has 0 aromatic carbocycles. The van der Waals surface area contributed by atoms with Gasteiger partial charge in [-0.1, -0.05) is 12.8 Å². The van der Waals surface area contributed by atoms with Crippen LogP contribution in [0.15, 0.2) is 0 Å². The second-order valence-corrected chi connectivity index (χ2v) is 7.25. The number of fused-ring (bicyclic) bond motifs is 1. The van der Waals surface area contributed by atoms with Gasteiger partial charge in [0.25, 0.3) is 0 Å². The summed E-state index contributed by atoms with van der Waals surface area (Å²) in [5, 5.41) is 17.6. The molecule has 187 valence electrons. The number of carbonyl (C=O) groups excluding carboxylic acids is 2. The number of nitrogens with zero attached hydrogens (tertiary/aromatic N) is 3. The Hall–Kier alpha value is -1.08. The Morgan fingerprint density at radius 2 is 0.968 bits per heavy atom. The largest absolute Gasteiger partial charge is 2.00 e. The molecule has 31 heavy (non-hydrogen) atoms. The van der Waals surface area contributed by atoms with Gasteiger partial charge < -0.3 is 34.5 Å². The van der Waals surface area contributed by atoms with Gasteiger partial charge in [-0.3, -0.25) is 0 Å². The minimum atomic E-state index is -5.19. The van der Waals surface area contributed by atoms with Crippen molar-refractivity contribution in [2.75, 3.05) is 47.3 Å². The van der Waals surface area contributed by atoms with Gasteiger partial charge in [-0.2, -0.15) is 26.3 Å². The third-order valence-electron chi connectivity index (χ3n) is 4.96. The van der Waals surface area contributed by atoms with E-state index in [0.717, 1.165) is 12.1 Å². The number of carbonyl (C=O) groups is 2. The summed E-state index contributed by atoms with van der Waals surface area (Å²) >= 11 is 0. The van der Waals surface area contributed by atoms with E-state index in [1.54, 1.807) is 0 Å². The summed E-state index contributed by atoms with van der Waals surface area (Å²) < 4.78 is 63.1. The maximum atomic E-state index is 10.5. The summed E-state index contributed by atoms with van der Waals surface area (Å²) in [7, 11) is 6.88. The quantitative estimate of drug-likeness (QED) is 0.324. The van der Waals surface area contributed by atoms with Crippen LogP contribution in [0.5, 0.6) is 0 Å². The van der Waals surface area contributed by atoms with Crippen LogP contribution in [-0.4, -0.2) is 98.4 Å². The second kappa shape index (κ2) is 14.1. The van der Waals surface area contributed by atoms with E-state index in [2.05, 4.69) is 35.8 Å². The van der Waals surface area contributed by atoms with E-state index in [1.807, 2.05) is 0 Å². The number of carboxylic acid groups (broad SMARTS) is 2. The molecular formula is C17H27CuF6N3O4. The SMILES string of the molecule is CN1CCN(C)[C@@H]2CCCC[C@H]2N(C)CC1.O=C([O-])C(F)(F)F.O=C([O-])C(F)(F)F.[Cu+2]. The van der Waals surface area contributed by atoms with Crippen LogP contribution in [-0.2, 0) is 26.7 Å². The molecule has 0 unspecified atom stereocenters. The molecule has 1 saturated heterocycles. The molecule has 0 aromatic rings. The Kier molecular flexibility index (Phi) is 14.6. The Morgan fingerprint density at radius 3 is 1.19 bits per heavy atom. The van der Waals surface area contributed by atoms with Crippen LogP contribution < -0.4 is 10.2 Å². The molecule has 1 saturated carbocycles. The van der Waals surface area contributed by atoms with Crippen molar-refractivity contribution in [2.24, 2.45) is 0 Å².